The maximum absolute atomic E-state index is 13.1. The van der Waals surface area contributed by atoms with E-state index in [1.54, 1.807) is 18.2 Å². The molecule has 1 amide bonds. The van der Waals surface area contributed by atoms with Crippen molar-refractivity contribution in [3.05, 3.63) is 47.7 Å². The summed E-state index contributed by atoms with van der Waals surface area (Å²) in [6.07, 6.45) is -4.87. The molecule has 1 aliphatic heterocycles. The predicted molar refractivity (Wildman–Crippen MR) is 88.3 cm³/mol. The maximum Gasteiger partial charge on any atom is 0.417 e. The Hall–Kier alpha value is -3.10. The van der Waals surface area contributed by atoms with Crippen LogP contribution < -0.4 is 14.4 Å². The average Bonchev–Trinajstić information content (AvgIpc) is 2.58. The van der Waals surface area contributed by atoms with Crippen LogP contribution >= 0.6 is 0 Å². The number of carbonyl (C=O) groups excluding carboxylic acids is 2. The third-order valence-electron chi connectivity index (χ3n) is 3.91. The molecule has 1 aromatic heterocycles. The van der Waals surface area contributed by atoms with Crippen LogP contribution in [0.25, 0.3) is 0 Å². The van der Waals surface area contributed by atoms with Crippen molar-refractivity contribution in [2.45, 2.75) is 32.7 Å². The van der Waals surface area contributed by atoms with Crippen LogP contribution in [0, 0.1) is 0 Å². The first-order valence-corrected chi connectivity index (χ1v) is 7.98. The summed E-state index contributed by atoms with van der Waals surface area (Å²) >= 11 is 0. The summed E-state index contributed by atoms with van der Waals surface area (Å²) in [7, 11) is 0. The Balaban J connectivity index is 2.03. The predicted octanol–water partition coefficient (Wildman–Crippen LogP) is 3.34. The zero-order chi connectivity index (χ0) is 19.8. The van der Waals surface area contributed by atoms with Crippen LogP contribution in [0.15, 0.2) is 36.5 Å². The second kappa shape index (κ2) is 6.90. The number of carbonyl (C=O) groups is 2. The highest BCUT2D eigenvalue weighted by atomic mass is 19.4. The van der Waals surface area contributed by atoms with Crippen molar-refractivity contribution in [3.63, 3.8) is 0 Å². The van der Waals surface area contributed by atoms with Gasteiger partial charge >= 0.3 is 12.1 Å². The standard InChI is InChI=1S/C18H15F3N2O4/c1-10-17(25)23(9-12-5-3-4-6-15(12)27-11(2)24)14-7-13(18(19,20)21)8-22-16(14)26-10/h3-8,10H,9H2,1-2H3. The quantitative estimate of drug-likeness (QED) is 0.604. The summed E-state index contributed by atoms with van der Waals surface area (Å²) in [5.41, 5.74) is -0.630. The first-order valence-electron chi connectivity index (χ1n) is 7.98. The molecule has 1 aliphatic rings. The molecule has 2 heterocycles. The molecule has 1 unspecified atom stereocenters. The summed E-state index contributed by atoms with van der Waals surface area (Å²) in [6, 6.07) is 7.29. The van der Waals surface area contributed by atoms with Crippen LogP contribution in [-0.4, -0.2) is 23.0 Å². The molecule has 0 bridgehead atoms. The minimum Gasteiger partial charge on any atom is -0.463 e. The summed E-state index contributed by atoms with van der Waals surface area (Å²) in [5.74, 6) is -0.926. The molecule has 1 atom stereocenters. The monoisotopic (exact) mass is 380 g/mol. The van der Waals surface area contributed by atoms with Gasteiger partial charge in [-0.2, -0.15) is 13.2 Å². The fourth-order valence-electron chi connectivity index (χ4n) is 2.66. The highest BCUT2D eigenvalue weighted by Crippen LogP contribution is 2.39. The zero-order valence-electron chi connectivity index (χ0n) is 14.4. The Morgan fingerprint density at radius 3 is 2.70 bits per heavy atom. The molecule has 142 valence electrons. The molecular formula is C18H15F3N2O4. The highest BCUT2D eigenvalue weighted by molar-refractivity contribution is 5.99. The molecule has 0 radical (unpaired) electrons. The number of pyridine rings is 1. The molecule has 0 saturated heterocycles. The lowest BCUT2D eigenvalue weighted by Crippen LogP contribution is -2.44. The zero-order valence-corrected chi connectivity index (χ0v) is 14.4. The second-order valence-electron chi connectivity index (χ2n) is 5.93. The van der Waals surface area contributed by atoms with Crippen LogP contribution in [0.2, 0.25) is 0 Å². The number of anilines is 1. The largest absolute Gasteiger partial charge is 0.463 e. The number of esters is 1. The third kappa shape index (κ3) is 3.86. The number of rotatable bonds is 3. The Labute approximate surface area is 152 Å². The van der Waals surface area contributed by atoms with Gasteiger partial charge in [0.05, 0.1) is 12.1 Å². The van der Waals surface area contributed by atoms with Crippen LogP contribution in [-0.2, 0) is 22.3 Å². The average molecular weight is 380 g/mol. The number of nitrogens with zero attached hydrogens (tertiary/aromatic N) is 2. The van der Waals surface area contributed by atoms with E-state index in [0.717, 1.165) is 11.0 Å². The number of hydrogen-bond acceptors (Lipinski definition) is 5. The van der Waals surface area contributed by atoms with Gasteiger partial charge in [-0.05, 0) is 19.1 Å². The van der Waals surface area contributed by atoms with Gasteiger partial charge in [-0.1, -0.05) is 18.2 Å². The second-order valence-corrected chi connectivity index (χ2v) is 5.93. The van der Waals surface area contributed by atoms with Crippen molar-refractivity contribution in [1.29, 1.82) is 0 Å². The van der Waals surface area contributed by atoms with E-state index in [4.69, 9.17) is 9.47 Å². The summed E-state index contributed by atoms with van der Waals surface area (Å²) in [6.45, 7) is 2.61. The van der Waals surface area contributed by atoms with Gasteiger partial charge in [-0.15, -0.1) is 0 Å². The summed E-state index contributed by atoms with van der Waals surface area (Å²) < 4.78 is 49.6. The number of aromatic nitrogens is 1. The molecule has 0 fully saturated rings. The lowest BCUT2D eigenvalue weighted by atomic mass is 10.1. The van der Waals surface area contributed by atoms with Gasteiger partial charge in [0.15, 0.2) is 6.10 Å². The van der Waals surface area contributed by atoms with Crippen molar-refractivity contribution in [3.8, 4) is 11.6 Å². The minimum absolute atomic E-state index is 0.0694. The molecule has 1 aromatic carbocycles. The molecule has 0 aliphatic carbocycles. The van der Waals surface area contributed by atoms with Crippen molar-refractivity contribution in [2.75, 3.05) is 4.90 Å². The van der Waals surface area contributed by atoms with Gasteiger partial charge < -0.3 is 9.47 Å². The lowest BCUT2D eigenvalue weighted by molar-refractivity contribution is -0.138. The molecule has 9 heteroatoms. The number of hydrogen-bond donors (Lipinski definition) is 0. The first kappa shape index (κ1) is 18.7. The van der Waals surface area contributed by atoms with Gasteiger partial charge in [-0.25, -0.2) is 4.98 Å². The number of alkyl halides is 3. The van der Waals surface area contributed by atoms with Crippen LogP contribution in [0.5, 0.6) is 11.6 Å². The van der Waals surface area contributed by atoms with Crippen molar-refractivity contribution < 1.29 is 32.2 Å². The maximum atomic E-state index is 13.1. The van der Waals surface area contributed by atoms with E-state index in [1.165, 1.54) is 19.9 Å². The van der Waals surface area contributed by atoms with Crippen molar-refractivity contribution in [2.24, 2.45) is 0 Å². The van der Waals surface area contributed by atoms with Crippen LogP contribution in [0.3, 0.4) is 0 Å². The molecule has 0 N–H and O–H groups in total. The van der Waals surface area contributed by atoms with Gasteiger partial charge in [0.1, 0.15) is 11.4 Å². The number of benzene rings is 1. The molecule has 0 spiro atoms. The van der Waals surface area contributed by atoms with E-state index in [-0.39, 0.29) is 23.9 Å². The summed E-state index contributed by atoms with van der Waals surface area (Å²) in [4.78, 5) is 28.7. The molecule has 3 rings (SSSR count). The Morgan fingerprint density at radius 2 is 2.04 bits per heavy atom. The number of fused-ring (bicyclic) bond motifs is 1. The fraction of sp³-hybridized carbons (Fsp3) is 0.278. The minimum atomic E-state index is -4.62. The number of para-hydroxylation sites is 1. The van der Waals surface area contributed by atoms with E-state index in [0.29, 0.717) is 11.8 Å². The number of ether oxygens (including phenoxy) is 2. The molecular weight excluding hydrogens is 365 g/mol. The van der Waals surface area contributed by atoms with Gasteiger partial charge in [0.25, 0.3) is 5.91 Å². The molecule has 0 saturated carbocycles. The van der Waals surface area contributed by atoms with E-state index in [1.807, 2.05) is 0 Å². The van der Waals surface area contributed by atoms with Gasteiger partial charge in [0, 0.05) is 18.7 Å². The Kier molecular flexibility index (Phi) is 4.77. The van der Waals surface area contributed by atoms with E-state index >= 15 is 0 Å². The Bertz CT molecular complexity index is 898. The molecule has 6 nitrogen and oxygen atoms in total. The van der Waals surface area contributed by atoms with E-state index in [9.17, 15) is 22.8 Å². The van der Waals surface area contributed by atoms with E-state index < -0.39 is 29.7 Å². The first-order chi connectivity index (χ1) is 12.7. The topological polar surface area (TPSA) is 68.7 Å². The van der Waals surface area contributed by atoms with Crippen molar-refractivity contribution >= 4 is 17.6 Å². The van der Waals surface area contributed by atoms with Crippen molar-refractivity contribution in [1.82, 2.24) is 4.98 Å². The van der Waals surface area contributed by atoms with Gasteiger partial charge in [0.2, 0.25) is 5.88 Å². The van der Waals surface area contributed by atoms with Gasteiger partial charge in [-0.3, -0.25) is 14.5 Å². The molecule has 27 heavy (non-hydrogen) atoms. The third-order valence-corrected chi connectivity index (χ3v) is 3.91. The van der Waals surface area contributed by atoms with E-state index in [2.05, 4.69) is 4.98 Å². The molecule has 2 aromatic rings. The number of amides is 1. The highest BCUT2D eigenvalue weighted by Gasteiger charge is 2.37. The number of halogens is 3. The normalized spacial score (nSPS) is 16.6. The fourth-order valence-corrected chi connectivity index (χ4v) is 2.66. The Morgan fingerprint density at radius 1 is 1.33 bits per heavy atom. The lowest BCUT2D eigenvalue weighted by Gasteiger charge is -2.32. The van der Waals surface area contributed by atoms with Crippen LogP contribution in [0.4, 0.5) is 18.9 Å². The smallest absolute Gasteiger partial charge is 0.417 e. The SMILES string of the molecule is CC(=O)Oc1ccccc1CN1C(=O)C(C)Oc2ncc(C(F)(F)F)cc21. The summed E-state index contributed by atoms with van der Waals surface area (Å²) in [5, 5.41) is 0. The van der Waals surface area contributed by atoms with Crippen LogP contribution in [0.1, 0.15) is 25.0 Å².